The van der Waals surface area contributed by atoms with Gasteiger partial charge in [0.15, 0.2) is 0 Å². The Morgan fingerprint density at radius 2 is 1.87 bits per heavy atom. The molecule has 1 aliphatic rings. The van der Waals surface area contributed by atoms with Crippen LogP contribution in [0.5, 0.6) is 0 Å². The molecular formula is C20H20ClN3O4S2. The molecule has 30 heavy (non-hydrogen) atoms. The van der Waals surface area contributed by atoms with Crippen LogP contribution in [0.1, 0.15) is 11.5 Å². The number of benzene rings is 1. The van der Waals surface area contributed by atoms with E-state index in [1.165, 1.54) is 27.8 Å². The minimum atomic E-state index is -3.60. The number of amides is 1. The van der Waals surface area contributed by atoms with Crippen molar-refractivity contribution in [1.29, 1.82) is 0 Å². The number of piperazine rings is 1. The predicted octanol–water partition coefficient (Wildman–Crippen LogP) is 3.44. The van der Waals surface area contributed by atoms with Crippen molar-refractivity contribution in [2.24, 2.45) is 0 Å². The van der Waals surface area contributed by atoms with Gasteiger partial charge in [0.25, 0.3) is 0 Å². The number of oxazole rings is 1. The summed E-state index contributed by atoms with van der Waals surface area (Å²) in [5.74, 6) is 1.05. The number of aromatic nitrogens is 1. The minimum Gasteiger partial charge on any atom is -0.440 e. The highest BCUT2D eigenvalue weighted by Gasteiger charge is 2.30. The lowest BCUT2D eigenvalue weighted by Crippen LogP contribution is -2.50. The van der Waals surface area contributed by atoms with Gasteiger partial charge >= 0.3 is 0 Å². The summed E-state index contributed by atoms with van der Waals surface area (Å²) in [4.78, 5) is 20.0. The van der Waals surface area contributed by atoms with Crippen molar-refractivity contribution in [2.45, 2.75) is 18.2 Å². The van der Waals surface area contributed by atoms with Crippen molar-refractivity contribution in [3.63, 3.8) is 0 Å². The Labute approximate surface area is 183 Å². The summed E-state index contributed by atoms with van der Waals surface area (Å²) in [7, 11) is -3.60. The van der Waals surface area contributed by atoms with E-state index in [1.807, 2.05) is 17.5 Å². The molecule has 1 amide bonds. The quantitative estimate of drug-likeness (QED) is 0.576. The van der Waals surface area contributed by atoms with E-state index in [2.05, 4.69) is 4.98 Å². The first-order valence-electron chi connectivity index (χ1n) is 9.38. The van der Waals surface area contributed by atoms with Gasteiger partial charge < -0.3 is 9.32 Å². The number of halogens is 1. The molecule has 0 atom stereocenters. The number of sulfonamides is 1. The first-order valence-corrected chi connectivity index (χ1v) is 12.1. The van der Waals surface area contributed by atoms with E-state index in [1.54, 1.807) is 24.0 Å². The molecule has 3 heterocycles. The number of nitrogens with zero attached hydrogens (tertiary/aromatic N) is 3. The van der Waals surface area contributed by atoms with Gasteiger partial charge in [-0.25, -0.2) is 13.4 Å². The number of rotatable bonds is 5. The summed E-state index contributed by atoms with van der Waals surface area (Å²) in [5.41, 5.74) is 0.611. The third-order valence-electron chi connectivity index (χ3n) is 4.99. The number of hydrogen-bond acceptors (Lipinski definition) is 6. The van der Waals surface area contributed by atoms with Crippen LogP contribution < -0.4 is 0 Å². The molecule has 10 heteroatoms. The maximum Gasteiger partial charge on any atom is 0.243 e. The van der Waals surface area contributed by atoms with Gasteiger partial charge in [0, 0.05) is 31.2 Å². The topological polar surface area (TPSA) is 83.7 Å². The SMILES string of the molecule is Cc1oc(-c2cccs2)nc1CC(=O)N1CCN(S(=O)(=O)c2ccc(Cl)cc2)CC1. The lowest BCUT2D eigenvalue weighted by molar-refractivity contribution is -0.131. The maximum absolute atomic E-state index is 12.8. The summed E-state index contributed by atoms with van der Waals surface area (Å²) >= 11 is 7.37. The highest BCUT2D eigenvalue weighted by atomic mass is 35.5. The van der Waals surface area contributed by atoms with Crippen molar-refractivity contribution in [2.75, 3.05) is 26.2 Å². The van der Waals surface area contributed by atoms with Crippen molar-refractivity contribution in [3.8, 4) is 10.8 Å². The van der Waals surface area contributed by atoms with E-state index >= 15 is 0 Å². The van der Waals surface area contributed by atoms with Crippen LogP contribution in [0.3, 0.4) is 0 Å². The highest BCUT2D eigenvalue weighted by Crippen LogP contribution is 2.26. The van der Waals surface area contributed by atoms with Gasteiger partial charge in [-0.15, -0.1) is 11.3 Å². The van der Waals surface area contributed by atoms with E-state index in [-0.39, 0.29) is 30.3 Å². The Morgan fingerprint density at radius 3 is 2.50 bits per heavy atom. The lowest BCUT2D eigenvalue weighted by atomic mass is 10.2. The zero-order valence-corrected chi connectivity index (χ0v) is 18.6. The Balaban J connectivity index is 1.38. The van der Waals surface area contributed by atoms with Crippen LogP contribution >= 0.6 is 22.9 Å². The molecule has 1 saturated heterocycles. The van der Waals surface area contributed by atoms with Crippen LogP contribution in [-0.2, 0) is 21.2 Å². The van der Waals surface area contributed by atoms with E-state index in [4.69, 9.17) is 16.0 Å². The average molecular weight is 466 g/mol. The Kier molecular flexibility index (Phi) is 5.97. The molecule has 4 rings (SSSR count). The third kappa shape index (κ3) is 4.29. The molecule has 158 valence electrons. The minimum absolute atomic E-state index is 0.0901. The molecule has 1 fully saturated rings. The van der Waals surface area contributed by atoms with Crippen LogP contribution in [0, 0.1) is 6.92 Å². The predicted molar refractivity (Wildman–Crippen MR) is 115 cm³/mol. The first kappa shape index (κ1) is 21.0. The summed E-state index contributed by atoms with van der Waals surface area (Å²) < 4.78 is 32.7. The fourth-order valence-electron chi connectivity index (χ4n) is 3.29. The standard InChI is InChI=1S/C20H20ClN3O4S2/c1-14-17(22-20(28-14)18-3-2-12-29-18)13-19(25)23-8-10-24(11-9-23)30(26,27)16-6-4-15(21)5-7-16/h2-7,12H,8-11,13H2,1H3. The molecule has 0 radical (unpaired) electrons. The monoisotopic (exact) mass is 465 g/mol. The summed E-state index contributed by atoms with van der Waals surface area (Å²) in [6.07, 6.45) is 0.130. The van der Waals surface area contributed by atoms with Crippen LogP contribution in [0.4, 0.5) is 0 Å². The number of carbonyl (C=O) groups is 1. The van der Waals surface area contributed by atoms with E-state index in [9.17, 15) is 13.2 Å². The zero-order chi connectivity index (χ0) is 21.3. The molecule has 7 nitrogen and oxygen atoms in total. The normalized spacial score (nSPS) is 15.5. The summed E-state index contributed by atoms with van der Waals surface area (Å²) in [6.45, 7) is 2.95. The van der Waals surface area contributed by atoms with Crippen molar-refractivity contribution < 1.29 is 17.6 Å². The number of thiophene rings is 1. The Morgan fingerprint density at radius 1 is 1.17 bits per heavy atom. The van der Waals surface area contributed by atoms with Crippen LogP contribution in [-0.4, -0.2) is 54.7 Å². The number of aryl methyl sites for hydroxylation is 1. The lowest BCUT2D eigenvalue weighted by Gasteiger charge is -2.34. The van der Waals surface area contributed by atoms with Gasteiger partial charge in [-0.05, 0) is 42.6 Å². The van der Waals surface area contributed by atoms with Crippen LogP contribution in [0.25, 0.3) is 10.8 Å². The second kappa shape index (κ2) is 8.50. The molecule has 0 N–H and O–H groups in total. The highest BCUT2D eigenvalue weighted by molar-refractivity contribution is 7.89. The fraction of sp³-hybridized carbons (Fsp3) is 0.300. The van der Waals surface area contributed by atoms with Crippen molar-refractivity contribution in [3.05, 3.63) is 58.3 Å². The maximum atomic E-state index is 12.8. The fourth-order valence-corrected chi connectivity index (χ4v) is 5.48. The first-order chi connectivity index (χ1) is 14.3. The summed E-state index contributed by atoms with van der Waals surface area (Å²) in [6, 6.07) is 9.93. The van der Waals surface area contributed by atoms with Crippen LogP contribution in [0.2, 0.25) is 5.02 Å². The van der Waals surface area contributed by atoms with Crippen molar-refractivity contribution >= 4 is 38.9 Å². The largest absolute Gasteiger partial charge is 0.440 e. The van der Waals surface area contributed by atoms with Gasteiger partial charge in [0.1, 0.15) is 5.76 Å². The van der Waals surface area contributed by atoms with Gasteiger partial charge in [-0.1, -0.05) is 17.7 Å². The van der Waals surface area contributed by atoms with Gasteiger partial charge in [0.05, 0.1) is 21.9 Å². The van der Waals surface area contributed by atoms with Gasteiger partial charge in [-0.3, -0.25) is 4.79 Å². The molecule has 2 aromatic heterocycles. The van der Waals surface area contributed by atoms with Crippen molar-refractivity contribution in [1.82, 2.24) is 14.2 Å². The second-order valence-electron chi connectivity index (χ2n) is 6.91. The van der Waals surface area contributed by atoms with E-state index in [0.29, 0.717) is 35.5 Å². The zero-order valence-electron chi connectivity index (χ0n) is 16.2. The van der Waals surface area contributed by atoms with Gasteiger partial charge in [-0.2, -0.15) is 4.31 Å². The number of hydrogen-bond donors (Lipinski definition) is 0. The second-order valence-corrected chi connectivity index (χ2v) is 10.2. The molecule has 1 aliphatic heterocycles. The molecule has 0 spiro atoms. The molecule has 0 bridgehead atoms. The van der Waals surface area contributed by atoms with Gasteiger partial charge in [0.2, 0.25) is 21.8 Å². The third-order valence-corrected chi connectivity index (χ3v) is 8.01. The smallest absolute Gasteiger partial charge is 0.243 e. The molecular weight excluding hydrogens is 446 g/mol. The molecule has 0 saturated carbocycles. The molecule has 3 aromatic rings. The van der Waals surface area contributed by atoms with E-state index < -0.39 is 10.0 Å². The van der Waals surface area contributed by atoms with Crippen LogP contribution in [0.15, 0.2) is 51.1 Å². The number of carbonyl (C=O) groups excluding carboxylic acids is 1. The Hall–Kier alpha value is -2.20. The molecule has 0 aliphatic carbocycles. The average Bonchev–Trinajstić information content (AvgIpc) is 3.39. The summed E-state index contributed by atoms with van der Waals surface area (Å²) in [5, 5.41) is 2.42. The van der Waals surface area contributed by atoms with E-state index in [0.717, 1.165) is 4.88 Å². The Bertz CT molecular complexity index is 1130. The molecule has 0 unspecified atom stereocenters. The molecule has 1 aromatic carbocycles.